The number of thioether (sulfide) groups is 1. The average Bonchev–Trinajstić information content (AvgIpc) is 3.44. The van der Waals surface area contributed by atoms with Gasteiger partial charge in [-0.25, -0.2) is 4.79 Å². The maximum absolute atomic E-state index is 13.0. The molecule has 1 saturated heterocycles. The number of amides is 1. The van der Waals surface area contributed by atoms with Crippen LogP contribution in [0.4, 0.5) is 11.4 Å². The maximum atomic E-state index is 13.0. The summed E-state index contributed by atoms with van der Waals surface area (Å²) in [6.45, 7) is 0. The quantitative estimate of drug-likeness (QED) is 0.0872. The zero-order valence-corrected chi connectivity index (χ0v) is 21.3. The van der Waals surface area contributed by atoms with Crippen molar-refractivity contribution in [2.75, 3.05) is 12.0 Å². The van der Waals surface area contributed by atoms with Gasteiger partial charge in [0.05, 0.1) is 27.1 Å². The van der Waals surface area contributed by atoms with Gasteiger partial charge >= 0.3 is 5.97 Å². The van der Waals surface area contributed by atoms with Gasteiger partial charge < -0.3 is 9.47 Å². The van der Waals surface area contributed by atoms with Gasteiger partial charge in [0.15, 0.2) is 15.8 Å². The molecule has 0 spiro atoms. The van der Waals surface area contributed by atoms with Gasteiger partial charge in [-0.15, -0.1) is 11.3 Å². The highest BCUT2D eigenvalue weighted by Gasteiger charge is 2.33. The maximum Gasteiger partial charge on any atom is 0.353 e. The molecule has 1 aliphatic rings. The van der Waals surface area contributed by atoms with Crippen LogP contribution in [0.5, 0.6) is 11.5 Å². The molecule has 172 valence electrons. The monoisotopic (exact) mass is 576 g/mol. The van der Waals surface area contributed by atoms with Crippen molar-refractivity contribution in [3.05, 3.63) is 83.8 Å². The van der Waals surface area contributed by atoms with Crippen molar-refractivity contribution in [1.82, 2.24) is 0 Å². The van der Waals surface area contributed by atoms with Crippen LogP contribution in [0.2, 0.25) is 0 Å². The molecule has 0 unspecified atom stereocenters. The highest BCUT2D eigenvalue weighted by Crippen LogP contribution is 2.40. The van der Waals surface area contributed by atoms with Crippen LogP contribution < -0.4 is 14.4 Å². The number of benzene rings is 2. The number of carbonyl (C=O) groups excluding carboxylic acids is 2. The molecule has 8 nitrogen and oxygen atoms in total. The molecule has 3 aromatic rings. The Morgan fingerprint density at radius 3 is 2.59 bits per heavy atom. The molecular weight excluding hydrogens is 564 g/mol. The highest BCUT2D eigenvalue weighted by molar-refractivity contribution is 9.10. The number of rotatable bonds is 6. The number of ether oxygens (including phenoxy) is 2. The first-order valence-electron chi connectivity index (χ1n) is 9.44. The van der Waals surface area contributed by atoms with Gasteiger partial charge in [-0.2, -0.15) is 0 Å². The molecule has 1 aromatic heterocycles. The van der Waals surface area contributed by atoms with E-state index in [1.54, 1.807) is 35.7 Å². The van der Waals surface area contributed by atoms with E-state index in [2.05, 4.69) is 15.9 Å². The van der Waals surface area contributed by atoms with Crippen molar-refractivity contribution in [2.24, 2.45) is 0 Å². The summed E-state index contributed by atoms with van der Waals surface area (Å²) in [5.74, 6) is -0.342. The number of methoxy groups -OCH3 is 1. The summed E-state index contributed by atoms with van der Waals surface area (Å²) in [6.07, 6.45) is 1.64. The molecule has 0 atom stereocenters. The second kappa shape index (κ2) is 10.1. The van der Waals surface area contributed by atoms with Crippen molar-refractivity contribution < 1.29 is 24.0 Å². The Labute approximate surface area is 215 Å². The highest BCUT2D eigenvalue weighted by atomic mass is 79.9. The minimum absolute atomic E-state index is 0.0819. The molecule has 1 fully saturated rings. The number of nitro benzene ring substituents is 1. The molecule has 1 aliphatic heterocycles. The third kappa shape index (κ3) is 4.89. The van der Waals surface area contributed by atoms with Gasteiger partial charge in [-0.1, -0.05) is 30.0 Å². The normalized spacial score (nSPS) is 14.5. The molecular formula is C22H13BrN2O6S3. The van der Waals surface area contributed by atoms with Crippen LogP contribution in [0.3, 0.4) is 0 Å². The topological polar surface area (TPSA) is 99.0 Å². The molecule has 0 bridgehead atoms. The molecule has 0 radical (unpaired) electrons. The van der Waals surface area contributed by atoms with E-state index in [0.717, 1.165) is 11.8 Å². The number of nitro groups is 1. The van der Waals surface area contributed by atoms with Crippen LogP contribution in [0.15, 0.2) is 63.3 Å². The molecule has 0 aliphatic carbocycles. The van der Waals surface area contributed by atoms with Crippen LogP contribution in [0.1, 0.15) is 15.2 Å². The SMILES string of the molecule is COc1cc(/C=C2/SC(=S)N(c3ccc([N+](=O)[O-])cc3)C2=O)cc(Br)c1OC(=O)c1cccs1. The van der Waals surface area contributed by atoms with Crippen LogP contribution in [-0.4, -0.2) is 28.2 Å². The van der Waals surface area contributed by atoms with Crippen LogP contribution in [0, 0.1) is 10.1 Å². The molecule has 2 aromatic carbocycles. The summed E-state index contributed by atoms with van der Waals surface area (Å²) >= 11 is 11.1. The van der Waals surface area contributed by atoms with Gasteiger partial charge in [0.2, 0.25) is 0 Å². The second-order valence-electron chi connectivity index (χ2n) is 6.69. The first kappa shape index (κ1) is 24.1. The molecule has 0 saturated carbocycles. The lowest BCUT2D eigenvalue weighted by molar-refractivity contribution is -0.384. The van der Waals surface area contributed by atoms with Crippen molar-refractivity contribution in [3.8, 4) is 11.5 Å². The zero-order valence-electron chi connectivity index (χ0n) is 17.2. The summed E-state index contributed by atoms with van der Waals surface area (Å²) in [4.78, 5) is 37.9. The lowest BCUT2D eigenvalue weighted by Gasteiger charge is -2.14. The molecule has 4 rings (SSSR count). The van der Waals surface area contributed by atoms with Gasteiger partial charge in [-0.3, -0.25) is 19.8 Å². The van der Waals surface area contributed by atoms with Crippen molar-refractivity contribution in [2.45, 2.75) is 0 Å². The first-order chi connectivity index (χ1) is 16.3. The number of hydrogen-bond acceptors (Lipinski definition) is 9. The molecule has 2 heterocycles. The van der Waals surface area contributed by atoms with E-state index in [4.69, 9.17) is 21.7 Å². The largest absolute Gasteiger partial charge is 0.493 e. The Bertz CT molecular complexity index is 1340. The molecule has 34 heavy (non-hydrogen) atoms. The van der Waals surface area contributed by atoms with Crippen molar-refractivity contribution in [1.29, 1.82) is 0 Å². The smallest absolute Gasteiger partial charge is 0.353 e. The summed E-state index contributed by atoms with van der Waals surface area (Å²) in [6, 6.07) is 12.3. The predicted molar refractivity (Wildman–Crippen MR) is 139 cm³/mol. The number of halogens is 1. The van der Waals surface area contributed by atoms with Crippen molar-refractivity contribution >= 4 is 84.9 Å². The lowest BCUT2D eigenvalue weighted by atomic mass is 10.1. The van der Waals surface area contributed by atoms with Gasteiger partial charge in [0.25, 0.3) is 11.6 Å². The standard InChI is InChI=1S/C22H13BrN2O6S3/c1-30-16-10-12(9-15(23)19(16)31-21(27)17-3-2-8-33-17)11-18-20(26)24(22(32)34-18)13-4-6-14(7-5-13)25(28)29/h2-11H,1H3/b18-11+. The Morgan fingerprint density at radius 2 is 1.97 bits per heavy atom. The molecule has 12 heteroatoms. The van der Waals surface area contributed by atoms with E-state index < -0.39 is 10.9 Å². The zero-order chi connectivity index (χ0) is 24.4. The summed E-state index contributed by atoms with van der Waals surface area (Å²) in [5, 5.41) is 12.7. The van der Waals surface area contributed by atoms with E-state index in [0.29, 0.717) is 35.6 Å². The Kier molecular flexibility index (Phi) is 7.12. The minimum Gasteiger partial charge on any atom is -0.493 e. The van der Waals surface area contributed by atoms with E-state index >= 15 is 0 Å². The number of thiocarbonyl (C=S) groups is 1. The third-order valence-electron chi connectivity index (χ3n) is 4.58. The number of anilines is 1. The van der Waals surface area contributed by atoms with E-state index in [1.807, 2.05) is 0 Å². The van der Waals surface area contributed by atoms with Gasteiger partial charge in [0.1, 0.15) is 4.88 Å². The number of carbonyl (C=O) groups is 2. The van der Waals surface area contributed by atoms with Crippen LogP contribution in [0.25, 0.3) is 6.08 Å². The van der Waals surface area contributed by atoms with Crippen molar-refractivity contribution in [3.63, 3.8) is 0 Å². The predicted octanol–water partition coefficient (Wildman–Crippen LogP) is 6.05. The van der Waals surface area contributed by atoms with E-state index in [-0.39, 0.29) is 17.3 Å². The number of hydrogen-bond donors (Lipinski definition) is 0. The summed E-state index contributed by atoms with van der Waals surface area (Å²) in [5.41, 5.74) is 0.969. The fraction of sp³-hybridized carbons (Fsp3) is 0.0455. The average molecular weight is 577 g/mol. The number of thiophene rings is 1. The van der Waals surface area contributed by atoms with Crippen LogP contribution in [-0.2, 0) is 4.79 Å². The molecule has 1 amide bonds. The fourth-order valence-electron chi connectivity index (χ4n) is 3.02. The lowest BCUT2D eigenvalue weighted by Crippen LogP contribution is -2.27. The number of nitrogens with zero attached hydrogens (tertiary/aromatic N) is 2. The Hall–Kier alpha value is -3.06. The fourth-order valence-corrected chi connectivity index (χ4v) is 5.46. The van der Waals surface area contributed by atoms with E-state index in [1.165, 1.54) is 47.6 Å². The van der Waals surface area contributed by atoms with Crippen LogP contribution >= 0.6 is 51.2 Å². The summed E-state index contributed by atoms with van der Waals surface area (Å²) in [7, 11) is 1.45. The number of esters is 1. The second-order valence-corrected chi connectivity index (χ2v) is 10.2. The van der Waals surface area contributed by atoms with Gasteiger partial charge in [0, 0.05) is 12.1 Å². The molecule has 0 N–H and O–H groups in total. The van der Waals surface area contributed by atoms with Gasteiger partial charge in [-0.05, 0) is 63.3 Å². The first-order valence-corrected chi connectivity index (χ1v) is 12.3. The Balaban J connectivity index is 1.60. The third-order valence-corrected chi connectivity index (χ3v) is 7.32. The minimum atomic E-state index is -0.513. The Morgan fingerprint density at radius 1 is 1.24 bits per heavy atom. The number of non-ortho nitro benzene ring substituents is 1. The van der Waals surface area contributed by atoms with E-state index in [9.17, 15) is 19.7 Å². The summed E-state index contributed by atoms with van der Waals surface area (Å²) < 4.78 is 11.7.